The lowest BCUT2D eigenvalue weighted by atomic mass is 9.66. The molecule has 11 aromatic rings. The van der Waals surface area contributed by atoms with Crippen molar-refractivity contribution in [3.05, 3.63) is 275 Å². The van der Waals surface area contributed by atoms with E-state index in [2.05, 4.69) is 189 Å². The third-order valence-electron chi connectivity index (χ3n) is 26.7. The number of allylic oxidation sites excluding steroid dienone is 6. The number of ether oxygens (including phenoxy) is 2. The van der Waals surface area contributed by atoms with Gasteiger partial charge >= 0.3 is 0 Å². The zero-order valence-corrected chi connectivity index (χ0v) is 80.1. The Morgan fingerprint density at radius 1 is 0.373 bits per heavy atom. The number of carbonyl (C=O) groups excluding carboxylic acids is 2. The zero-order chi connectivity index (χ0) is 88.5. The van der Waals surface area contributed by atoms with E-state index in [9.17, 15) is 21.0 Å². The molecule has 2 unspecified atom stereocenters. The number of halogens is 4. The average molecular weight is 1820 g/mol. The normalized spacial score (nSPS) is 14.9. The lowest BCUT2D eigenvalue weighted by molar-refractivity contribution is 0.103. The van der Waals surface area contributed by atoms with Crippen LogP contribution in [0.2, 0.25) is 20.1 Å². The van der Waals surface area contributed by atoms with Crippen molar-refractivity contribution in [2.24, 2.45) is 11.8 Å². The number of Topliss-reactive ketones (excluding diaryl/α,β-unsaturated/α-hetero) is 2. The van der Waals surface area contributed by atoms with Crippen LogP contribution in [0, 0.1) is 57.2 Å². The molecule has 7 aromatic carbocycles. The quantitative estimate of drug-likeness (QED) is 0.0209. The van der Waals surface area contributed by atoms with E-state index in [-0.39, 0.29) is 88.1 Å². The SMILES string of the molecule is CCCCCCc1ccc(C2(c3ccc(CCCCCC)cc3)c3cc(/C=C4\C(=O)c5cc(Cl)c(Cl)cc5C4=C(C#N)C#N)sc3-c3sc4c(OCC(CC)CCCC)c5c6c(sc5c(OCC(CC)CCCC)c4c32)-c2sc(/C=C3\C(=O)c4cc(Cl)c(Cl)cc4C3=C(C#N)C#N)cc2C6(c2ccc(CCCCCC)cc2)c2ccc(CCCCCC)cc2)cc1. The number of carbonyl (C=O) groups is 2. The zero-order valence-electron chi connectivity index (χ0n) is 73.8. The second-order valence-electron chi connectivity index (χ2n) is 34.8. The third-order valence-corrected chi connectivity index (χ3v) is 33.0. The first kappa shape index (κ1) is 91.6. The van der Waals surface area contributed by atoms with Crippen LogP contribution < -0.4 is 9.47 Å². The number of nitriles is 4. The van der Waals surface area contributed by atoms with Gasteiger partial charge in [0, 0.05) is 65.1 Å². The second-order valence-corrected chi connectivity index (χ2v) is 40.6. The molecule has 4 heterocycles. The van der Waals surface area contributed by atoms with Crippen LogP contribution in [-0.4, -0.2) is 24.8 Å². The van der Waals surface area contributed by atoms with E-state index in [0.717, 1.165) is 260 Å². The molecule has 126 heavy (non-hydrogen) atoms. The van der Waals surface area contributed by atoms with Crippen LogP contribution in [0.5, 0.6) is 11.5 Å². The van der Waals surface area contributed by atoms with Crippen molar-refractivity contribution in [2.45, 2.75) is 246 Å². The molecule has 0 bridgehead atoms. The van der Waals surface area contributed by atoms with Crippen LogP contribution in [0.15, 0.2) is 156 Å². The van der Waals surface area contributed by atoms with Gasteiger partial charge in [0.1, 0.15) is 46.9 Å². The summed E-state index contributed by atoms with van der Waals surface area (Å²) in [5.41, 5.74) is 13.4. The number of thiophene rings is 4. The largest absolute Gasteiger partial charge is 0.491 e. The van der Waals surface area contributed by atoms with Gasteiger partial charge in [0.2, 0.25) is 0 Å². The molecule has 0 spiro atoms. The summed E-state index contributed by atoms with van der Waals surface area (Å²) >= 11 is 33.9. The number of fused-ring (bicyclic) bond motifs is 12. The highest BCUT2D eigenvalue weighted by molar-refractivity contribution is 7.29. The number of rotatable bonds is 40. The average Bonchev–Trinajstić information content (AvgIpc) is 1.49. The van der Waals surface area contributed by atoms with Crippen molar-refractivity contribution in [1.82, 2.24) is 0 Å². The molecule has 0 saturated heterocycles. The van der Waals surface area contributed by atoms with E-state index < -0.39 is 10.8 Å². The summed E-state index contributed by atoms with van der Waals surface area (Å²) in [6.07, 6.45) is 33.6. The highest BCUT2D eigenvalue weighted by Gasteiger charge is 2.55. The Balaban J connectivity index is 1.11. The van der Waals surface area contributed by atoms with Gasteiger partial charge in [0.15, 0.2) is 11.6 Å². The minimum atomic E-state index is -1.06. The Morgan fingerprint density at radius 3 is 0.944 bits per heavy atom. The predicted octanol–water partition coefficient (Wildman–Crippen LogP) is 33.4. The molecule has 15 rings (SSSR count). The van der Waals surface area contributed by atoms with Crippen LogP contribution in [0.25, 0.3) is 63.0 Å². The monoisotopic (exact) mass is 1820 g/mol. The molecule has 646 valence electrons. The molecule has 0 N–H and O–H groups in total. The van der Waals surface area contributed by atoms with Crippen molar-refractivity contribution in [3.63, 3.8) is 0 Å². The molecule has 0 saturated carbocycles. The number of benzene rings is 7. The van der Waals surface area contributed by atoms with Gasteiger partial charge in [-0.2, -0.15) is 21.0 Å². The fraction of sp³-hybridized carbons (Fsp3) is 0.382. The Morgan fingerprint density at radius 2 is 0.667 bits per heavy atom. The number of unbranched alkanes of at least 4 members (excludes halogenated alkanes) is 14. The summed E-state index contributed by atoms with van der Waals surface area (Å²) in [4.78, 5) is 36.4. The Bertz CT molecular complexity index is 5730. The number of hydrogen-bond acceptors (Lipinski definition) is 12. The molecule has 2 atom stereocenters. The van der Waals surface area contributed by atoms with Crippen molar-refractivity contribution in [3.8, 4) is 55.3 Å². The van der Waals surface area contributed by atoms with Crippen LogP contribution in [-0.2, 0) is 36.5 Å². The van der Waals surface area contributed by atoms with E-state index in [1.165, 1.54) is 47.9 Å². The van der Waals surface area contributed by atoms with E-state index in [0.29, 0.717) is 24.3 Å². The van der Waals surface area contributed by atoms with Gasteiger partial charge in [-0.3, -0.25) is 9.59 Å². The summed E-state index contributed by atoms with van der Waals surface area (Å²) < 4.78 is 18.4. The fourth-order valence-corrected chi connectivity index (χ4v) is 25.8. The smallest absolute Gasteiger partial charge is 0.194 e. The second kappa shape index (κ2) is 41.1. The summed E-state index contributed by atoms with van der Waals surface area (Å²) in [5.74, 6) is 1.33. The van der Waals surface area contributed by atoms with Gasteiger partial charge in [0.25, 0.3) is 0 Å². The first-order chi connectivity index (χ1) is 61.5. The number of aryl methyl sites for hydroxylation is 4. The number of ketones is 2. The number of hydrogen-bond donors (Lipinski definition) is 0. The Labute approximate surface area is 781 Å². The molecule has 4 aromatic heterocycles. The molecule has 0 aliphatic heterocycles. The van der Waals surface area contributed by atoms with Crippen molar-refractivity contribution in [1.29, 1.82) is 21.0 Å². The molecular formula is C110H110Cl4N4O4S4. The van der Waals surface area contributed by atoms with E-state index >= 15 is 9.59 Å². The van der Waals surface area contributed by atoms with E-state index in [1.807, 2.05) is 12.2 Å². The van der Waals surface area contributed by atoms with Crippen LogP contribution in [0.3, 0.4) is 0 Å². The standard InChI is InChI=1S/C110H110Cl4N4O4S4/c1-9-17-23-27-33-69-37-45-75(46-38-69)109(76-47-39-70(40-48-76)34-28-24-18-10-2)87-55-79(53-85-93(73(61-115)62-116)81-57-89(111)91(113)59-83(81)99(85)119)123-103(87)107-97(109)95-101(121-65-67(15-7)31-21-13-5)106-96(102(105(95)125-107)122-66-68(16-8)32-22-14-6)98-108(126-106)104-88(56-80(124-104)54-86-94(74(63-117)64-118)82-58-90(112)92(114)60-84(82)100(86)120)110(98,77-49-41-71(42-50-77)35-29-25-19-11-3)78-51-43-72(44-52-78)36-30-26-20-12-4/h37-60,67-68H,9-36,65-66H2,1-8H3/b85-53-,86-54-. The minimum Gasteiger partial charge on any atom is -0.491 e. The molecule has 16 heteroatoms. The highest BCUT2D eigenvalue weighted by atomic mass is 35.5. The van der Waals surface area contributed by atoms with Crippen LogP contribution >= 0.6 is 91.8 Å². The first-order valence-corrected chi connectivity index (χ1v) is 50.9. The van der Waals surface area contributed by atoms with E-state index in [1.54, 1.807) is 69.6 Å². The maximum absolute atomic E-state index is 15.3. The van der Waals surface area contributed by atoms with Gasteiger partial charge in [-0.1, -0.05) is 314 Å². The van der Waals surface area contributed by atoms with Gasteiger partial charge in [-0.25, -0.2) is 0 Å². The summed E-state index contributed by atoms with van der Waals surface area (Å²) in [6, 6.07) is 57.3. The molecule has 0 radical (unpaired) electrons. The Kier molecular flexibility index (Phi) is 29.9. The maximum atomic E-state index is 15.3. The molecule has 4 aliphatic carbocycles. The van der Waals surface area contributed by atoms with Crippen molar-refractivity contribution < 1.29 is 19.1 Å². The summed E-state index contributed by atoms with van der Waals surface area (Å²) in [5, 5.41) is 46.1. The van der Waals surface area contributed by atoms with Crippen molar-refractivity contribution in [2.75, 3.05) is 13.2 Å². The third kappa shape index (κ3) is 17.4. The molecule has 0 amide bonds. The predicted molar refractivity (Wildman–Crippen MR) is 530 cm³/mol. The van der Waals surface area contributed by atoms with Gasteiger partial charge in [-0.05, 0) is 191 Å². The Hall–Kier alpha value is -9.12. The lowest BCUT2D eigenvalue weighted by Crippen LogP contribution is -2.29. The number of nitrogens with zero attached hydrogens (tertiary/aromatic N) is 4. The van der Waals surface area contributed by atoms with Gasteiger partial charge < -0.3 is 9.47 Å². The van der Waals surface area contributed by atoms with Gasteiger partial charge in [0.05, 0.1) is 73.0 Å². The van der Waals surface area contributed by atoms with E-state index in [4.69, 9.17) is 55.9 Å². The van der Waals surface area contributed by atoms with Crippen LogP contribution in [0.4, 0.5) is 0 Å². The summed E-state index contributed by atoms with van der Waals surface area (Å²) in [7, 11) is 0. The maximum Gasteiger partial charge on any atom is 0.194 e. The summed E-state index contributed by atoms with van der Waals surface area (Å²) in [6.45, 7) is 19.1. The lowest BCUT2D eigenvalue weighted by Gasteiger charge is -2.35. The fourth-order valence-electron chi connectivity index (χ4n) is 19.8. The van der Waals surface area contributed by atoms with Crippen molar-refractivity contribution >= 4 is 147 Å². The molecular weight excluding hydrogens is 1710 g/mol. The topological polar surface area (TPSA) is 148 Å². The molecule has 4 aliphatic rings. The molecule has 8 nitrogen and oxygen atoms in total. The first-order valence-electron chi connectivity index (χ1n) is 46.1. The highest BCUT2D eigenvalue weighted by Crippen LogP contribution is 2.71. The molecule has 0 fully saturated rings. The van der Waals surface area contributed by atoms with Gasteiger partial charge in [-0.15, -0.1) is 45.3 Å². The van der Waals surface area contributed by atoms with Crippen LogP contribution in [0.1, 0.15) is 318 Å². The minimum absolute atomic E-state index is 0.197.